The Labute approximate surface area is 162 Å². The van der Waals surface area contributed by atoms with Crippen molar-refractivity contribution in [2.75, 3.05) is 20.8 Å². The second-order valence-electron chi connectivity index (χ2n) is 6.57. The van der Waals surface area contributed by atoms with Crippen LogP contribution in [0, 0.1) is 4.77 Å². The zero-order chi connectivity index (χ0) is 18.8. The summed E-state index contributed by atoms with van der Waals surface area (Å²) in [4.78, 5) is 1.38. The van der Waals surface area contributed by atoms with E-state index in [0.717, 1.165) is 36.7 Å². The van der Waals surface area contributed by atoms with Gasteiger partial charge < -0.3 is 14.4 Å². The number of quaternary nitrogens is 1. The predicted octanol–water partition coefficient (Wildman–Crippen LogP) is 1.41. The number of fused-ring (bicyclic) bond motifs is 1. The van der Waals surface area contributed by atoms with Gasteiger partial charge in [0.25, 0.3) is 0 Å². The summed E-state index contributed by atoms with van der Waals surface area (Å²) in [5.41, 5.74) is 3.51. The first-order chi connectivity index (χ1) is 13.2. The maximum Gasteiger partial charge on any atom is 0.225 e. The van der Waals surface area contributed by atoms with E-state index in [2.05, 4.69) is 22.6 Å². The molecule has 140 valence electrons. The minimum absolute atomic E-state index is 0.604. The predicted molar refractivity (Wildman–Crippen MR) is 103 cm³/mol. The van der Waals surface area contributed by atoms with Gasteiger partial charge in [-0.3, -0.25) is 0 Å². The number of nitrogens with zero attached hydrogens (tertiary/aromatic N) is 4. The van der Waals surface area contributed by atoms with Crippen LogP contribution >= 0.6 is 12.2 Å². The van der Waals surface area contributed by atoms with Crippen molar-refractivity contribution in [2.24, 2.45) is 0 Å². The van der Waals surface area contributed by atoms with Crippen LogP contribution in [-0.4, -0.2) is 40.6 Å². The molecule has 7 nitrogen and oxygen atoms in total. The molecule has 2 aromatic carbocycles. The molecule has 1 atom stereocenters. The summed E-state index contributed by atoms with van der Waals surface area (Å²) < 4.78 is 15.0. The van der Waals surface area contributed by atoms with Gasteiger partial charge in [-0.2, -0.15) is 9.36 Å². The van der Waals surface area contributed by atoms with E-state index in [1.165, 1.54) is 16.0 Å². The molecule has 1 N–H and O–H groups in total. The van der Waals surface area contributed by atoms with E-state index in [9.17, 15) is 0 Å². The summed E-state index contributed by atoms with van der Waals surface area (Å²) in [6.07, 6.45) is 0.977. The lowest BCUT2D eigenvalue weighted by Gasteiger charge is -2.26. The number of methoxy groups -OCH3 is 2. The first-order valence-electron chi connectivity index (χ1n) is 8.85. The van der Waals surface area contributed by atoms with Crippen LogP contribution < -0.4 is 14.4 Å². The smallest absolute Gasteiger partial charge is 0.225 e. The van der Waals surface area contributed by atoms with Gasteiger partial charge >= 0.3 is 0 Å². The van der Waals surface area contributed by atoms with Crippen molar-refractivity contribution in [2.45, 2.75) is 19.6 Å². The van der Waals surface area contributed by atoms with E-state index >= 15 is 0 Å². The molecule has 3 aromatic rings. The minimum atomic E-state index is 0.604. The third kappa shape index (κ3) is 3.45. The van der Waals surface area contributed by atoms with Crippen molar-refractivity contribution in [3.63, 3.8) is 0 Å². The van der Waals surface area contributed by atoms with E-state index in [0.29, 0.717) is 11.4 Å². The van der Waals surface area contributed by atoms with Crippen molar-refractivity contribution in [3.05, 3.63) is 58.4 Å². The quantitative estimate of drug-likeness (QED) is 0.674. The Morgan fingerprint density at radius 2 is 1.74 bits per heavy atom. The molecule has 0 radical (unpaired) electrons. The molecule has 1 aliphatic heterocycles. The van der Waals surface area contributed by atoms with Crippen LogP contribution in [0.2, 0.25) is 0 Å². The van der Waals surface area contributed by atoms with Crippen molar-refractivity contribution in [1.29, 1.82) is 0 Å². The number of hydrogen-bond acceptors (Lipinski definition) is 5. The van der Waals surface area contributed by atoms with Gasteiger partial charge in [0.1, 0.15) is 6.54 Å². The molecular weight excluding hydrogens is 362 g/mol. The van der Waals surface area contributed by atoms with E-state index in [-0.39, 0.29) is 0 Å². The molecule has 0 amide bonds. The molecule has 0 spiro atoms. The number of benzene rings is 2. The van der Waals surface area contributed by atoms with Gasteiger partial charge in [0.2, 0.25) is 4.77 Å². The van der Waals surface area contributed by atoms with Gasteiger partial charge in [-0.25, -0.2) is 0 Å². The topological polar surface area (TPSA) is 58.5 Å². The summed E-state index contributed by atoms with van der Waals surface area (Å²) >= 11 is 5.58. The molecular formula is C19H22N5O2S+. The fourth-order valence-corrected chi connectivity index (χ4v) is 3.72. The van der Waals surface area contributed by atoms with Crippen LogP contribution in [0.4, 0.5) is 0 Å². The highest BCUT2D eigenvalue weighted by Gasteiger charge is 2.23. The molecule has 0 saturated carbocycles. The molecule has 0 bridgehead atoms. The lowest BCUT2D eigenvalue weighted by molar-refractivity contribution is -0.939. The van der Waals surface area contributed by atoms with E-state index in [1.807, 2.05) is 30.3 Å². The van der Waals surface area contributed by atoms with Gasteiger partial charge in [-0.05, 0) is 52.5 Å². The van der Waals surface area contributed by atoms with E-state index in [4.69, 9.17) is 21.7 Å². The van der Waals surface area contributed by atoms with Crippen LogP contribution in [0.5, 0.6) is 11.5 Å². The van der Waals surface area contributed by atoms with Gasteiger partial charge in [0, 0.05) is 12.0 Å². The standard InChI is InChI=1S/C19H21N5O2S/c1-25-17-10-14-8-9-22(12-15(14)11-18(17)26-2)13-23-19(27)24(21-20-23)16-6-4-3-5-7-16/h3-7,10-11H,8-9,12-13H2,1-2H3/p+1. The summed E-state index contributed by atoms with van der Waals surface area (Å²) in [5.74, 6) is 1.55. The van der Waals surface area contributed by atoms with Crippen LogP contribution in [0.25, 0.3) is 5.69 Å². The van der Waals surface area contributed by atoms with Crippen LogP contribution in [0.1, 0.15) is 11.1 Å². The van der Waals surface area contributed by atoms with Crippen molar-refractivity contribution >= 4 is 12.2 Å². The van der Waals surface area contributed by atoms with Crippen molar-refractivity contribution < 1.29 is 14.4 Å². The normalized spacial score (nSPS) is 16.0. The van der Waals surface area contributed by atoms with E-state index in [1.54, 1.807) is 23.6 Å². The number of ether oxygens (including phenoxy) is 2. The maximum absolute atomic E-state index is 5.58. The highest BCUT2D eigenvalue weighted by molar-refractivity contribution is 7.71. The van der Waals surface area contributed by atoms with Gasteiger partial charge in [0.15, 0.2) is 18.2 Å². The summed E-state index contributed by atoms with van der Waals surface area (Å²) in [7, 11) is 3.33. The first-order valence-corrected chi connectivity index (χ1v) is 9.26. The summed E-state index contributed by atoms with van der Waals surface area (Å²) in [6, 6.07) is 14.0. The zero-order valence-corrected chi connectivity index (χ0v) is 16.2. The van der Waals surface area contributed by atoms with Gasteiger partial charge in [0.05, 0.1) is 26.5 Å². The highest BCUT2D eigenvalue weighted by Crippen LogP contribution is 2.31. The molecule has 0 aliphatic carbocycles. The summed E-state index contributed by atoms with van der Waals surface area (Å²) in [5, 5.41) is 8.48. The monoisotopic (exact) mass is 384 g/mol. The Hall–Kier alpha value is -2.71. The van der Waals surface area contributed by atoms with Crippen molar-refractivity contribution in [1.82, 2.24) is 19.8 Å². The van der Waals surface area contributed by atoms with Crippen LogP contribution in [0.3, 0.4) is 0 Å². The van der Waals surface area contributed by atoms with Gasteiger partial charge in [-0.1, -0.05) is 18.2 Å². The Morgan fingerprint density at radius 3 is 2.44 bits per heavy atom. The molecule has 0 saturated heterocycles. The molecule has 2 heterocycles. The zero-order valence-electron chi connectivity index (χ0n) is 15.4. The number of rotatable bonds is 5. The maximum atomic E-state index is 5.58. The van der Waals surface area contributed by atoms with Crippen LogP contribution in [-0.2, 0) is 19.6 Å². The van der Waals surface area contributed by atoms with E-state index < -0.39 is 0 Å². The molecule has 8 heteroatoms. The lowest BCUT2D eigenvalue weighted by Crippen LogP contribution is -3.11. The minimum Gasteiger partial charge on any atom is -0.493 e. The van der Waals surface area contributed by atoms with Gasteiger partial charge in [-0.15, -0.1) is 0 Å². The number of tetrazole rings is 1. The SMILES string of the molecule is COc1cc2c(cc1OC)C[NH+](Cn1nnn(-c3ccccc3)c1=S)CC2. The Kier molecular flexibility index (Phi) is 4.91. The molecule has 1 aliphatic rings. The number of hydrogen-bond donors (Lipinski definition) is 1. The number of nitrogens with one attached hydrogen (secondary N) is 1. The Morgan fingerprint density at radius 1 is 1.04 bits per heavy atom. The fourth-order valence-electron chi connectivity index (χ4n) is 3.48. The average molecular weight is 384 g/mol. The Balaban J connectivity index is 1.54. The fraction of sp³-hybridized carbons (Fsp3) is 0.316. The third-order valence-corrected chi connectivity index (χ3v) is 5.29. The van der Waals surface area contributed by atoms with Crippen LogP contribution in [0.15, 0.2) is 42.5 Å². The second-order valence-corrected chi connectivity index (χ2v) is 6.93. The Bertz CT molecular complexity index is 999. The lowest BCUT2D eigenvalue weighted by atomic mass is 9.99. The summed E-state index contributed by atoms with van der Waals surface area (Å²) in [6.45, 7) is 2.57. The number of aromatic nitrogens is 4. The second kappa shape index (κ2) is 7.50. The molecule has 27 heavy (non-hydrogen) atoms. The molecule has 4 rings (SSSR count). The first kappa shape index (κ1) is 17.7. The molecule has 1 unspecified atom stereocenters. The van der Waals surface area contributed by atoms with Crippen molar-refractivity contribution in [3.8, 4) is 17.2 Å². The molecule has 0 fully saturated rings. The third-order valence-electron chi connectivity index (χ3n) is 4.91. The average Bonchev–Trinajstić information content (AvgIpc) is 3.07. The number of para-hydroxylation sites is 1. The molecule has 1 aromatic heterocycles. The largest absolute Gasteiger partial charge is 0.493 e. The highest BCUT2D eigenvalue weighted by atomic mass is 32.1.